The first-order valence-corrected chi connectivity index (χ1v) is 15.7. The van der Waals surface area contributed by atoms with E-state index >= 15 is 0 Å². The van der Waals surface area contributed by atoms with Gasteiger partial charge in [-0.2, -0.15) is 0 Å². The SMILES string of the molecule is CCC[N+](CC)(CCCCN1CCCCC1C(=O)Nc1c(C)cccc1C)CC(=O)Cc1c(C)cc([N+](=O)[O-])cc1C. The predicted octanol–water partition coefficient (Wildman–Crippen LogP) is 6.46. The largest absolute Gasteiger partial charge is 0.324 e. The highest BCUT2D eigenvalue weighted by atomic mass is 16.6. The summed E-state index contributed by atoms with van der Waals surface area (Å²) in [5, 5.41) is 14.4. The summed E-state index contributed by atoms with van der Waals surface area (Å²) >= 11 is 0. The predicted molar refractivity (Wildman–Crippen MR) is 170 cm³/mol. The van der Waals surface area contributed by atoms with Gasteiger partial charge in [-0.1, -0.05) is 31.5 Å². The van der Waals surface area contributed by atoms with Gasteiger partial charge < -0.3 is 9.80 Å². The number of non-ortho nitro benzene ring substituents is 1. The molecule has 0 saturated carbocycles. The number of carbonyl (C=O) groups is 2. The Balaban J connectivity index is 1.59. The minimum Gasteiger partial charge on any atom is -0.324 e. The summed E-state index contributed by atoms with van der Waals surface area (Å²) in [6, 6.07) is 9.13. The van der Waals surface area contributed by atoms with Crippen LogP contribution < -0.4 is 5.32 Å². The average Bonchev–Trinajstić information content (AvgIpc) is 2.95. The average molecular weight is 580 g/mol. The molecule has 1 aliphatic rings. The summed E-state index contributed by atoms with van der Waals surface area (Å²) in [7, 11) is 0. The van der Waals surface area contributed by atoms with Crippen molar-refractivity contribution in [1.29, 1.82) is 0 Å². The number of rotatable bonds is 15. The van der Waals surface area contributed by atoms with Crippen molar-refractivity contribution in [3.63, 3.8) is 0 Å². The number of hydrogen-bond donors (Lipinski definition) is 1. The number of nitrogens with zero attached hydrogens (tertiary/aromatic N) is 3. The lowest BCUT2D eigenvalue weighted by atomic mass is 9.96. The van der Waals surface area contributed by atoms with Crippen molar-refractivity contribution in [2.24, 2.45) is 0 Å². The number of amides is 1. The first-order chi connectivity index (χ1) is 20.0. The van der Waals surface area contributed by atoms with Gasteiger partial charge in [0.2, 0.25) is 5.91 Å². The van der Waals surface area contributed by atoms with E-state index < -0.39 is 0 Å². The molecule has 8 heteroatoms. The number of nitrogens with one attached hydrogen (secondary N) is 1. The van der Waals surface area contributed by atoms with Crippen molar-refractivity contribution >= 4 is 23.1 Å². The van der Waals surface area contributed by atoms with E-state index in [1.807, 2.05) is 45.9 Å². The van der Waals surface area contributed by atoms with Crippen molar-refractivity contribution in [3.8, 4) is 0 Å². The number of nitro benzene ring substituents is 1. The second kappa shape index (κ2) is 15.4. The Kier molecular flexibility index (Phi) is 12.2. The Hall–Kier alpha value is -3.10. The number of benzene rings is 2. The number of likely N-dealkylation sites (N-methyl/N-ethyl adjacent to an activating group) is 1. The number of carbonyl (C=O) groups excluding carboxylic acids is 2. The maximum atomic E-state index is 13.4. The number of piperidine rings is 1. The van der Waals surface area contributed by atoms with Crippen LogP contribution in [0, 0.1) is 37.8 Å². The molecule has 2 aromatic rings. The zero-order valence-electron chi connectivity index (χ0n) is 26.6. The summed E-state index contributed by atoms with van der Waals surface area (Å²) in [6.07, 6.45) is 6.38. The van der Waals surface area contributed by atoms with Gasteiger partial charge >= 0.3 is 0 Å². The Morgan fingerprint density at radius 1 is 1.00 bits per heavy atom. The molecular formula is C34H51N4O4+. The third-order valence-corrected chi connectivity index (χ3v) is 9.12. The maximum Gasteiger partial charge on any atom is 0.269 e. The number of anilines is 1. The number of likely N-dealkylation sites (tertiary alicyclic amines) is 1. The van der Waals surface area contributed by atoms with E-state index in [9.17, 15) is 19.7 Å². The minimum absolute atomic E-state index is 0.0737. The van der Waals surface area contributed by atoms with Gasteiger partial charge in [0.1, 0.15) is 6.54 Å². The molecule has 230 valence electrons. The molecule has 1 heterocycles. The first kappa shape index (κ1) is 33.4. The van der Waals surface area contributed by atoms with Crippen molar-refractivity contribution in [1.82, 2.24) is 4.90 Å². The van der Waals surface area contributed by atoms with E-state index in [0.29, 0.717) is 13.0 Å². The van der Waals surface area contributed by atoms with E-state index in [4.69, 9.17) is 0 Å². The zero-order chi connectivity index (χ0) is 30.9. The van der Waals surface area contributed by atoms with Crippen LogP contribution in [0.4, 0.5) is 11.4 Å². The Labute approximate surface area is 252 Å². The first-order valence-electron chi connectivity index (χ1n) is 15.7. The van der Waals surface area contributed by atoms with Gasteiger partial charge in [0, 0.05) is 24.2 Å². The molecule has 0 aliphatic carbocycles. The lowest BCUT2D eigenvalue weighted by molar-refractivity contribution is -0.919. The topological polar surface area (TPSA) is 92.6 Å². The van der Waals surface area contributed by atoms with Gasteiger partial charge in [-0.25, -0.2) is 0 Å². The normalized spacial score (nSPS) is 17.0. The van der Waals surface area contributed by atoms with Gasteiger partial charge in [0.15, 0.2) is 5.78 Å². The highest BCUT2D eigenvalue weighted by Gasteiger charge is 2.31. The number of ketones is 1. The molecule has 1 amide bonds. The van der Waals surface area contributed by atoms with E-state index in [0.717, 1.165) is 109 Å². The van der Waals surface area contributed by atoms with Crippen LogP contribution in [0.15, 0.2) is 30.3 Å². The summed E-state index contributed by atoms with van der Waals surface area (Å²) in [6.45, 7) is 17.2. The summed E-state index contributed by atoms with van der Waals surface area (Å²) in [4.78, 5) is 39.9. The third kappa shape index (κ3) is 8.71. The van der Waals surface area contributed by atoms with Crippen LogP contribution in [-0.4, -0.2) is 71.3 Å². The fraction of sp³-hybridized carbons (Fsp3) is 0.588. The molecule has 0 spiro atoms. The summed E-state index contributed by atoms with van der Waals surface area (Å²) in [5.74, 6) is 0.281. The number of aryl methyl sites for hydroxylation is 4. The Morgan fingerprint density at radius 3 is 2.26 bits per heavy atom. The van der Waals surface area contributed by atoms with Gasteiger partial charge in [-0.05, 0) is 108 Å². The number of hydrogen-bond acceptors (Lipinski definition) is 5. The molecule has 2 unspecified atom stereocenters. The van der Waals surface area contributed by atoms with Crippen molar-refractivity contribution in [2.75, 3.05) is 44.6 Å². The van der Waals surface area contributed by atoms with Gasteiger partial charge in [0.25, 0.3) is 5.69 Å². The molecule has 1 fully saturated rings. The van der Waals surface area contributed by atoms with Crippen LogP contribution in [0.3, 0.4) is 0 Å². The fourth-order valence-corrected chi connectivity index (χ4v) is 6.69. The second-order valence-corrected chi connectivity index (χ2v) is 12.3. The molecule has 0 aromatic heterocycles. The number of nitro groups is 1. The van der Waals surface area contributed by atoms with Gasteiger partial charge in [-0.3, -0.25) is 24.6 Å². The standard InChI is InChI=1S/C34H50N4O4/c1-7-19-38(8-2,24-30(39)23-31-27(5)21-29(37(41)42)22-28(31)6)20-12-11-18-36-17-10-9-16-32(36)34(40)35-33-25(3)14-13-15-26(33)4/h13-15,21-22,32H,7-12,16-20,23-24H2,1-6H3/p+1. The molecular weight excluding hydrogens is 528 g/mol. The summed E-state index contributed by atoms with van der Waals surface area (Å²) < 4.78 is 0.761. The number of unbranched alkanes of at least 4 members (excludes halogenated alkanes) is 1. The monoisotopic (exact) mass is 579 g/mol. The molecule has 0 radical (unpaired) electrons. The number of Topliss-reactive ketones (excluding diaryl/α,β-unsaturated/α-hetero) is 1. The number of quaternary nitrogens is 1. The van der Waals surface area contributed by atoms with Gasteiger partial charge in [0.05, 0.1) is 30.6 Å². The Bertz CT molecular complexity index is 1220. The molecule has 1 aliphatic heterocycles. The van der Waals surface area contributed by atoms with Crippen molar-refractivity contribution < 1.29 is 19.0 Å². The van der Waals surface area contributed by atoms with Crippen LogP contribution in [0.1, 0.15) is 80.2 Å². The molecule has 8 nitrogen and oxygen atoms in total. The molecule has 1 saturated heterocycles. The highest BCUT2D eigenvalue weighted by molar-refractivity contribution is 5.96. The van der Waals surface area contributed by atoms with Crippen LogP contribution in [0.5, 0.6) is 0 Å². The van der Waals surface area contributed by atoms with Crippen LogP contribution in [0.25, 0.3) is 0 Å². The second-order valence-electron chi connectivity index (χ2n) is 12.3. The van der Waals surface area contributed by atoms with E-state index in [-0.39, 0.29) is 28.3 Å². The maximum absolute atomic E-state index is 13.4. The molecule has 1 N–H and O–H groups in total. The Morgan fingerprint density at radius 2 is 1.67 bits per heavy atom. The van der Waals surface area contributed by atoms with Crippen LogP contribution in [0.2, 0.25) is 0 Å². The minimum atomic E-state index is -0.379. The molecule has 2 aromatic carbocycles. The lowest BCUT2D eigenvalue weighted by Crippen LogP contribution is -2.52. The lowest BCUT2D eigenvalue weighted by Gasteiger charge is -2.38. The van der Waals surface area contributed by atoms with Crippen LogP contribution >= 0.6 is 0 Å². The molecule has 2 atom stereocenters. The van der Waals surface area contributed by atoms with Crippen LogP contribution in [-0.2, 0) is 16.0 Å². The van der Waals surface area contributed by atoms with Crippen molar-refractivity contribution in [2.45, 2.75) is 92.5 Å². The fourth-order valence-electron chi connectivity index (χ4n) is 6.69. The van der Waals surface area contributed by atoms with Crippen molar-refractivity contribution in [3.05, 3.63) is 68.3 Å². The number of para-hydroxylation sites is 1. The summed E-state index contributed by atoms with van der Waals surface area (Å²) in [5.41, 5.74) is 5.70. The zero-order valence-corrected chi connectivity index (χ0v) is 26.6. The highest BCUT2D eigenvalue weighted by Crippen LogP contribution is 2.25. The van der Waals surface area contributed by atoms with E-state index in [1.165, 1.54) is 0 Å². The van der Waals surface area contributed by atoms with Gasteiger partial charge in [-0.15, -0.1) is 0 Å². The van der Waals surface area contributed by atoms with E-state index in [2.05, 4.69) is 24.1 Å². The molecule has 3 rings (SSSR count). The smallest absolute Gasteiger partial charge is 0.269 e. The molecule has 0 bridgehead atoms. The quantitative estimate of drug-likeness (QED) is 0.113. The molecule has 42 heavy (non-hydrogen) atoms. The third-order valence-electron chi connectivity index (χ3n) is 9.12. The van der Waals surface area contributed by atoms with E-state index in [1.54, 1.807) is 12.1 Å².